The Bertz CT molecular complexity index is 1250. The zero-order chi connectivity index (χ0) is 29.7. The number of alkyl halides is 2. The van der Waals surface area contributed by atoms with E-state index >= 15 is 0 Å². The van der Waals surface area contributed by atoms with Crippen LogP contribution in [-0.4, -0.2) is 68.1 Å². The number of rotatable bonds is 11. The molecule has 1 atom stereocenters. The fraction of sp³-hybridized carbons (Fsp3) is 0.552. The number of halogens is 3. The van der Waals surface area contributed by atoms with Gasteiger partial charge in [0.25, 0.3) is 18.2 Å². The van der Waals surface area contributed by atoms with Crippen LogP contribution in [0.4, 0.5) is 20.2 Å². The van der Waals surface area contributed by atoms with E-state index in [1.807, 2.05) is 0 Å². The molecule has 224 valence electrons. The van der Waals surface area contributed by atoms with E-state index in [1.165, 1.54) is 23.1 Å². The first-order valence-corrected chi connectivity index (χ1v) is 15.0. The summed E-state index contributed by atoms with van der Waals surface area (Å²) in [6.07, 6.45) is 0.444. The molecule has 0 spiro atoms. The first kappa shape index (κ1) is 31.3. The Hall–Kier alpha value is -2.60. The van der Waals surface area contributed by atoms with Gasteiger partial charge >= 0.3 is 0 Å². The summed E-state index contributed by atoms with van der Waals surface area (Å²) in [7, 11) is 0. The van der Waals surface area contributed by atoms with Crippen molar-refractivity contribution in [1.82, 2.24) is 10.2 Å². The van der Waals surface area contributed by atoms with Gasteiger partial charge in [-0.15, -0.1) is 11.3 Å². The predicted octanol–water partition coefficient (Wildman–Crippen LogP) is 5.59. The SMILES string of the molecule is CC(C)(C)CN(CC1CCC1)[C@@H](CNC(=O)c1ccc(Cl)s1)C(=O)Nc1ccc(N2CCOCC2=O)c(C(F)F)c1. The van der Waals surface area contributed by atoms with E-state index in [4.69, 9.17) is 16.3 Å². The second-order valence-electron chi connectivity index (χ2n) is 11.8. The van der Waals surface area contributed by atoms with Crippen molar-refractivity contribution >= 4 is 52.0 Å². The molecule has 3 amide bonds. The first-order chi connectivity index (χ1) is 19.4. The molecule has 2 fully saturated rings. The molecule has 1 aliphatic heterocycles. The third-order valence-electron chi connectivity index (χ3n) is 7.20. The quantitative estimate of drug-likeness (QED) is 0.346. The van der Waals surface area contributed by atoms with Crippen molar-refractivity contribution in [1.29, 1.82) is 0 Å². The third-order valence-corrected chi connectivity index (χ3v) is 8.43. The molecule has 41 heavy (non-hydrogen) atoms. The number of hydrogen-bond donors (Lipinski definition) is 2. The minimum absolute atomic E-state index is 0.0328. The molecule has 0 unspecified atom stereocenters. The molecule has 1 aromatic heterocycles. The van der Waals surface area contributed by atoms with Gasteiger partial charge in [-0.3, -0.25) is 19.3 Å². The number of benzene rings is 1. The fourth-order valence-electron chi connectivity index (χ4n) is 5.07. The van der Waals surface area contributed by atoms with E-state index in [-0.39, 0.29) is 54.6 Å². The first-order valence-electron chi connectivity index (χ1n) is 13.8. The second kappa shape index (κ2) is 13.6. The summed E-state index contributed by atoms with van der Waals surface area (Å²) in [6.45, 7) is 7.83. The van der Waals surface area contributed by atoms with Crippen LogP contribution < -0.4 is 15.5 Å². The van der Waals surface area contributed by atoms with Gasteiger partial charge in [0.05, 0.1) is 21.5 Å². The van der Waals surface area contributed by atoms with Crippen molar-refractivity contribution in [2.75, 3.05) is 49.6 Å². The Morgan fingerprint density at radius 3 is 2.56 bits per heavy atom. The lowest BCUT2D eigenvalue weighted by atomic mass is 9.84. The summed E-state index contributed by atoms with van der Waals surface area (Å²) in [5.74, 6) is -0.686. The lowest BCUT2D eigenvalue weighted by molar-refractivity contribution is -0.125. The number of thiophene rings is 1. The van der Waals surface area contributed by atoms with Gasteiger partial charge in [0.2, 0.25) is 5.91 Å². The maximum absolute atomic E-state index is 14.1. The van der Waals surface area contributed by atoms with Crippen molar-refractivity contribution < 1.29 is 27.9 Å². The van der Waals surface area contributed by atoms with Gasteiger partial charge in [-0.05, 0) is 54.5 Å². The van der Waals surface area contributed by atoms with Crippen LogP contribution in [0.1, 0.15) is 61.7 Å². The average Bonchev–Trinajstić information content (AvgIpc) is 3.32. The van der Waals surface area contributed by atoms with E-state index in [2.05, 4.69) is 36.3 Å². The summed E-state index contributed by atoms with van der Waals surface area (Å²) >= 11 is 7.15. The van der Waals surface area contributed by atoms with Crippen molar-refractivity contribution in [2.45, 2.75) is 52.5 Å². The van der Waals surface area contributed by atoms with Crippen LogP contribution in [0.2, 0.25) is 4.34 Å². The van der Waals surface area contributed by atoms with Crippen LogP contribution in [0, 0.1) is 11.3 Å². The maximum atomic E-state index is 14.1. The molecule has 1 aromatic carbocycles. The van der Waals surface area contributed by atoms with Gasteiger partial charge in [-0.2, -0.15) is 0 Å². The minimum Gasteiger partial charge on any atom is -0.370 e. The molecule has 1 saturated heterocycles. The lowest BCUT2D eigenvalue weighted by Gasteiger charge is -2.40. The Labute approximate surface area is 248 Å². The Balaban J connectivity index is 1.58. The molecule has 2 aliphatic rings. The monoisotopic (exact) mass is 610 g/mol. The number of nitrogens with zero attached hydrogens (tertiary/aromatic N) is 2. The molecule has 2 aromatic rings. The zero-order valence-corrected chi connectivity index (χ0v) is 25.1. The van der Waals surface area contributed by atoms with Gasteiger partial charge in [0, 0.05) is 37.4 Å². The summed E-state index contributed by atoms with van der Waals surface area (Å²) in [6, 6.07) is 6.69. The molecule has 8 nitrogen and oxygen atoms in total. The van der Waals surface area contributed by atoms with E-state index in [0.29, 0.717) is 28.2 Å². The highest BCUT2D eigenvalue weighted by Gasteiger charge is 2.33. The molecule has 0 radical (unpaired) electrons. The molecular formula is C29H37ClF2N4O4S. The Morgan fingerprint density at radius 2 is 1.98 bits per heavy atom. The number of amides is 3. The highest BCUT2D eigenvalue weighted by molar-refractivity contribution is 7.18. The van der Waals surface area contributed by atoms with Crippen LogP contribution in [0.25, 0.3) is 0 Å². The molecule has 2 heterocycles. The largest absolute Gasteiger partial charge is 0.370 e. The van der Waals surface area contributed by atoms with Crippen LogP contribution in [-0.2, 0) is 14.3 Å². The summed E-state index contributed by atoms with van der Waals surface area (Å²) < 4.78 is 33.8. The topological polar surface area (TPSA) is 91.0 Å². The van der Waals surface area contributed by atoms with Crippen molar-refractivity contribution in [3.05, 3.63) is 45.1 Å². The smallest absolute Gasteiger partial charge is 0.265 e. The number of hydrogen-bond acceptors (Lipinski definition) is 6. The van der Waals surface area contributed by atoms with E-state index in [1.54, 1.807) is 12.1 Å². The number of ether oxygens (including phenoxy) is 1. The summed E-state index contributed by atoms with van der Waals surface area (Å²) in [5.41, 5.74) is -0.194. The average molecular weight is 611 g/mol. The highest BCUT2D eigenvalue weighted by Crippen LogP contribution is 2.34. The van der Waals surface area contributed by atoms with Crippen LogP contribution in [0.5, 0.6) is 0 Å². The summed E-state index contributed by atoms with van der Waals surface area (Å²) in [4.78, 5) is 42.8. The number of carbonyl (C=O) groups is 3. The molecule has 2 N–H and O–H groups in total. The number of morpholine rings is 1. The van der Waals surface area contributed by atoms with Crippen molar-refractivity contribution in [2.24, 2.45) is 11.3 Å². The van der Waals surface area contributed by atoms with E-state index in [0.717, 1.165) is 30.6 Å². The van der Waals surface area contributed by atoms with Gasteiger partial charge in [-0.25, -0.2) is 8.78 Å². The van der Waals surface area contributed by atoms with E-state index < -0.39 is 24.3 Å². The lowest BCUT2D eigenvalue weighted by Crippen LogP contribution is -2.54. The van der Waals surface area contributed by atoms with Gasteiger partial charge < -0.3 is 20.3 Å². The van der Waals surface area contributed by atoms with Crippen LogP contribution >= 0.6 is 22.9 Å². The molecule has 1 aliphatic carbocycles. The molecule has 4 rings (SSSR count). The van der Waals surface area contributed by atoms with Gasteiger partial charge in [-0.1, -0.05) is 38.8 Å². The minimum atomic E-state index is -2.86. The van der Waals surface area contributed by atoms with Gasteiger partial charge in [0.1, 0.15) is 12.6 Å². The highest BCUT2D eigenvalue weighted by atomic mass is 35.5. The zero-order valence-electron chi connectivity index (χ0n) is 23.6. The Morgan fingerprint density at radius 1 is 1.22 bits per heavy atom. The second-order valence-corrected chi connectivity index (χ2v) is 13.5. The molecule has 1 saturated carbocycles. The standard InChI is InChI=1S/C29H37ClF2N4O4S/c1-29(2,3)17-35(15-18-5-4-6-18)22(14-33-28(39)23-9-10-24(30)41-23)27(38)34-19-7-8-21(20(13-19)26(31)32)36-11-12-40-16-25(36)37/h7-10,13,18,22,26H,4-6,11-12,14-17H2,1-3H3,(H,33,39)(H,34,38)/t22-/m0/s1. The van der Waals surface area contributed by atoms with Gasteiger partial charge in [0.15, 0.2) is 0 Å². The third kappa shape index (κ3) is 8.47. The molecule has 0 bridgehead atoms. The number of anilines is 2. The molecule has 12 heteroatoms. The van der Waals surface area contributed by atoms with Crippen LogP contribution in [0.3, 0.4) is 0 Å². The fourth-order valence-corrected chi connectivity index (χ4v) is 6.03. The molecular weight excluding hydrogens is 574 g/mol. The van der Waals surface area contributed by atoms with Crippen LogP contribution in [0.15, 0.2) is 30.3 Å². The van der Waals surface area contributed by atoms with Crippen molar-refractivity contribution in [3.8, 4) is 0 Å². The summed E-state index contributed by atoms with van der Waals surface area (Å²) in [5, 5.41) is 5.69. The maximum Gasteiger partial charge on any atom is 0.265 e. The predicted molar refractivity (Wildman–Crippen MR) is 157 cm³/mol. The normalized spacial score (nSPS) is 17.1. The Kier molecular flexibility index (Phi) is 10.4. The van der Waals surface area contributed by atoms with E-state index in [9.17, 15) is 23.2 Å². The van der Waals surface area contributed by atoms with Crippen molar-refractivity contribution in [3.63, 3.8) is 0 Å². The number of nitrogens with one attached hydrogen (secondary N) is 2. The number of carbonyl (C=O) groups excluding carboxylic acids is 3.